The van der Waals surface area contributed by atoms with Gasteiger partial charge in [-0.25, -0.2) is 15.8 Å². The number of carbonyl (C=O) groups is 1. The van der Waals surface area contributed by atoms with Crippen LogP contribution in [0.3, 0.4) is 0 Å². The van der Waals surface area contributed by atoms with Gasteiger partial charge in [-0.05, 0) is 20.3 Å². The lowest BCUT2D eigenvalue weighted by Gasteiger charge is -2.19. The number of nitrogens with zero attached hydrogens (tertiary/aromatic N) is 3. The number of aromatic nitrogens is 2. The van der Waals surface area contributed by atoms with E-state index in [4.69, 9.17) is 5.84 Å². The van der Waals surface area contributed by atoms with Gasteiger partial charge in [0.25, 0.3) is 0 Å². The lowest BCUT2D eigenvalue weighted by atomic mass is 10.3. The SMILES string of the molecule is CCCc1nc(NN)cc(NCC(=O)N(CC)CC)n1. The predicted molar refractivity (Wildman–Crippen MR) is 80.3 cm³/mol. The minimum absolute atomic E-state index is 0.0490. The van der Waals surface area contributed by atoms with Crippen LogP contribution >= 0.6 is 0 Å². The molecule has 0 atom stereocenters. The number of nitrogen functional groups attached to an aromatic ring is 1. The van der Waals surface area contributed by atoms with Crippen LogP contribution in [0, 0.1) is 0 Å². The Bertz CT molecular complexity index is 433. The zero-order valence-corrected chi connectivity index (χ0v) is 12.4. The van der Waals surface area contributed by atoms with E-state index < -0.39 is 0 Å². The second-order valence-electron chi connectivity index (χ2n) is 4.37. The van der Waals surface area contributed by atoms with E-state index in [2.05, 4.69) is 27.6 Å². The van der Waals surface area contributed by atoms with Crippen molar-refractivity contribution in [3.05, 3.63) is 11.9 Å². The molecule has 1 aromatic rings. The highest BCUT2D eigenvalue weighted by atomic mass is 16.2. The van der Waals surface area contributed by atoms with Gasteiger partial charge in [0.15, 0.2) is 0 Å². The minimum atomic E-state index is 0.0490. The quantitative estimate of drug-likeness (QED) is 0.485. The first-order valence-electron chi connectivity index (χ1n) is 7.00. The molecule has 112 valence electrons. The summed E-state index contributed by atoms with van der Waals surface area (Å²) in [5.74, 6) is 7.30. The van der Waals surface area contributed by atoms with Crippen molar-refractivity contribution in [2.75, 3.05) is 30.4 Å². The number of likely N-dealkylation sites (N-methyl/N-ethyl adjacent to an activating group) is 1. The van der Waals surface area contributed by atoms with Gasteiger partial charge in [0.05, 0.1) is 6.54 Å². The monoisotopic (exact) mass is 280 g/mol. The Morgan fingerprint density at radius 1 is 1.25 bits per heavy atom. The minimum Gasteiger partial charge on any atom is -0.361 e. The zero-order chi connectivity index (χ0) is 15.0. The second kappa shape index (κ2) is 8.31. The number of nitrogens with two attached hydrogens (primary N) is 1. The van der Waals surface area contributed by atoms with E-state index in [0.29, 0.717) is 30.5 Å². The summed E-state index contributed by atoms with van der Waals surface area (Å²) in [5.41, 5.74) is 2.51. The third kappa shape index (κ3) is 4.65. The molecule has 1 aromatic heterocycles. The van der Waals surface area contributed by atoms with E-state index in [0.717, 1.165) is 12.8 Å². The largest absolute Gasteiger partial charge is 0.361 e. The van der Waals surface area contributed by atoms with Crippen molar-refractivity contribution in [3.63, 3.8) is 0 Å². The molecule has 0 fully saturated rings. The Labute approximate surface area is 119 Å². The summed E-state index contributed by atoms with van der Waals surface area (Å²) in [7, 11) is 0. The number of hydrogen-bond donors (Lipinski definition) is 3. The van der Waals surface area contributed by atoms with Gasteiger partial charge in [0.1, 0.15) is 17.5 Å². The number of hydrogen-bond acceptors (Lipinski definition) is 6. The van der Waals surface area contributed by atoms with E-state index in [1.807, 2.05) is 13.8 Å². The Morgan fingerprint density at radius 3 is 2.45 bits per heavy atom. The highest BCUT2D eigenvalue weighted by Crippen LogP contribution is 2.11. The summed E-state index contributed by atoms with van der Waals surface area (Å²) in [5, 5.41) is 3.03. The lowest BCUT2D eigenvalue weighted by Crippen LogP contribution is -2.35. The maximum atomic E-state index is 11.9. The molecule has 1 heterocycles. The fraction of sp³-hybridized carbons (Fsp3) is 0.615. The molecule has 0 saturated carbocycles. The highest BCUT2D eigenvalue weighted by molar-refractivity contribution is 5.80. The molecule has 0 spiro atoms. The molecule has 4 N–H and O–H groups in total. The molecule has 7 nitrogen and oxygen atoms in total. The van der Waals surface area contributed by atoms with Gasteiger partial charge in [-0.3, -0.25) is 4.79 Å². The second-order valence-corrected chi connectivity index (χ2v) is 4.37. The van der Waals surface area contributed by atoms with E-state index in [1.165, 1.54) is 0 Å². The van der Waals surface area contributed by atoms with Crippen LogP contribution < -0.4 is 16.6 Å². The molecule has 0 aromatic carbocycles. The summed E-state index contributed by atoms with van der Waals surface area (Å²) < 4.78 is 0. The van der Waals surface area contributed by atoms with Crippen LogP contribution in [0.25, 0.3) is 0 Å². The van der Waals surface area contributed by atoms with Crippen molar-refractivity contribution in [2.45, 2.75) is 33.6 Å². The van der Waals surface area contributed by atoms with Crippen molar-refractivity contribution < 1.29 is 4.79 Å². The van der Waals surface area contributed by atoms with Crippen LogP contribution in [-0.4, -0.2) is 40.4 Å². The fourth-order valence-electron chi connectivity index (χ4n) is 1.85. The molecule has 1 rings (SSSR count). The van der Waals surface area contributed by atoms with Crippen molar-refractivity contribution in [1.29, 1.82) is 0 Å². The van der Waals surface area contributed by atoms with Gasteiger partial charge in [0, 0.05) is 25.6 Å². The maximum absolute atomic E-state index is 11.9. The summed E-state index contributed by atoms with van der Waals surface area (Å²) in [6.07, 6.45) is 1.72. The molecule has 0 aliphatic rings. The van der Waals surface area contributed by atoms with Crippen LogP contribution in [0.5, 0.6) is 0 Å². The van der Waals surface area contributed by atoms with Crippen LogP contribution in [-0.2, 0) is 11.2 Å². The fourth-order valence-corrected chi connectivity index (χ4v) is 1.85. The smallest absolute Gasteiger partial charge is 0.241 e. The Kier molecular flexibility index (Phi) is 6.72. The van der Waals surface area contributed by atoms with E-state index in [9.17, 15) is 4.79 Å². The Balaban J connectivity index is 2.71. The number of amides is 1. The van der Waals surface area contributed by atoms with Gasteiger partial charge in [0.2, 0.25) is 5.91 Å². The van der Waals surface area contributed by atoms with Gasteiger partial charge in [-0.1, -0.05) is 6.92 Å². The first-order valence-corrected chi connectivity index (χ1v) is 7.00. The molecular formula is C13H24N6O. The third-order valence-electron chi connectivity index (χ3n) is 2.93. The predicted octanol–water partition coefficient (Wildman–Crippen LogP) is 0.995. The summed E-state index contributed by atoms with van der Waals surface area (Å²) in [6, 6.07) is 1.69. The summed E-state index contributed by atoms with van der Waals surface area (Å²) in [4.78, 5) is 22.3. The Morgan fingerprint density at radius 2 is 1.90 bits per heavy atom. The molecule has 0 aliphatic carbocycles. The molecule has 0 radical (unpaired) electrons. The van der Waals surface area contributed by atoms with Crippen LogP contribution in [0.15, 0.2) is 6.07 Å². The summed E-state index contributed by atoms with van der Waals surface area (Å²) in [6.45, 7) is 7.61. The molecule has 1 amide bonds. The zero-order valence-electron chi connectivity index (χ0n) is 12.4. The normalized spacial score (nSPS) is 10.2. The number of anilines is 2. The van der Waals surface area contributed by atoms with Crippen LogP contribution in [0.2, 0.25) is 0 Å². The third-order valence-corrected chi connectivity index (χ3v) is 2.93. The highest BCUT2D eigenvalue weighted by Gasteiger charge is 2.10. The van der Waals surface area contributed by atoms with Gasteiger partial charge >= 0.3 is 0 Å². The Hall–Kier alpha value is -1.89. The molecule has 20 heavy (non-hydrogen) atoms. The van der Waals surface area contributed by atoms with Gasteiger partial charge < -0.3 is 15.6 Å². The molecule has 7 heteroatoms. The summed E-state index contributed by atoms with van der Waals surface area (Å²) >= 11 is 0. The van der Waals surface area contributed by atoms with Crippen molar-refractivity contribution in [2.24, 2.45) is 5.84 Å². The average molecular weight is 280 g/mol. The van der Waals surface area contributed by atoms with Gasteiger partial charge in [-0.15, -0.1) is 0 Å². The van der Waals surface area contributed by atoms with Crippen LogP contribution in [0.4, 0.5) is 11.6 Å². The van der Waals surface area contributed by atoms with E-state index >= 15 is 0 Å². The molecular weight excluding hydrogens is 256 g/mol. The maximum Gasteiger partial charge on any atom is 0.241 e. The number of aryl methyl sites for hydroxylation is 1. The average Bonchev–Trinajstić information content (AvgIpc) is 2.46. The lowest BCUT2D eigenvalue weighted by molar-refractivity contribution is -0.128. The number of nitrogens with one attached hydrogen (secondary N) is 2. The van der Waals surface area contributed by atoms with Crippen molar-refractivity contribution >= 4 is 17.5 Å². The molecule has 0 aliphatic heterocycles. The van der Waals surface area contributed by atoms with Crippen LogP contribution in [0.1, 0.15) is 33.0 Å². The molecule has 0 bridgehead atoms. The van der Waals surface area contributed by atoms with E-state index in [1.54, 1.807) is 11.0 Å². The number of rotatable bonds is 8. The van der Waals surface area contributed by atoms with Gasteiger partial charge in [-0.2, -0.15) is 0 Å². The first kappa shape index (κ1) is 16.2. The topological polar surface area (TPSA) is 96.2 Å². The van der Waals surface area contributed by atoms with Crippen molar-refractivity contribution in [1.82, 2.24) is 14.9 Å². The van der Waals surface area contributed by atoms with Crippen molar-refractivity contribution in [3.8, 4) is 0 Å². The number of hydrazine groups is 1. The standard InChI is InChI=1S/C13H24N6O/c1-4-7-10-16-11(8-12(17-10)18-14)15-9-13(20)19(5-2)6-3/h8H,4-7,9,14H2,1-3H3,(H2,15,16,17,18). The molecule has 0 unspecified atom stereocenters. The van der Waals surface area contributed by atoms with E-state index in [-0.39, 0.29) is 12.5 Å². The first-order chi connectivity index (χ1) is 9.64. The molecule has 0 saturated heterocycles. The number of carbonyl (C=O) groups excluding carboxylic acids is 1.